The number of fused-ring (bicyclic) bond motifs is 1. The maximum Gasteiger partial charge on any atom is 0.322 e. The molecule has 212 valence electrons. The zero-order valence-electron chi connectivity index (χ0n) is 22.7. The van der Waals surface area contributed by atoms with Gasteiger partial charge in [0.2, 0.25) is 5.91 Å². The van der Waals surface area contributed by atoms with Crippen molar-refractivity contribution in [2.45, 2.75) is 76.5 Å². The minimum absolute atomic E-state index is 0.0137. The smallest absolute Gasteiger partial charge is 0.322 e. The van der Waals surface area contributed by atoms with Gasteiger partial charge in [0, 0.05) is 25.7 Å². The highest BCUT2D eigenvalue weighted by Gasteiger charge is 2.40. The molecule has 1 aromatic carbocycles. The van der Waals surface area contributed by atoms with Crippen LogP contribution in [-0.2, 0) is 20.8 Å². The number of ether oxygens (including phenoxy) is 2. The quantitative estimate of drug-likeness (QED) is 0.508. The number of nitrogens with zero attached hydrogens (tertiary/aromatic N) is 3. The zero-order valence-corrected chi connectivity index (χ0v) is 22.7. The molecule has 11 nitrogen and oxygen atoms in total. The Morgan fingerprint density at radius 1 is 1.10 bits per heavy atom. The van der Waals surface area contributed by atoms with Gasteiger partial charge in [0.25, 0.3) is 0 Å². The number of aliphatic hydroxyl groups is 1. The highest BCUT2D eigenvalue weighted by Crippen LogP contribution is 2.29. The van der Waals surface area contributed by atoms with E-state index in [0.29, 0.717) is 30.0 Å². The summed E-state index contributed by atoms with van der Waals surface area (Å²) in [6.07, 6.45) is 1.01. The zero-order chi connectivity index (χ0) is 27.4. The average molecular weight is 542 g/mol. The third kappa shape index (κ3) is 6.96. The number of likely N-dealkylation sites (tertiary alicyclic amines) is 1. The minimum Gasteiger partial charge on any atom is -0.389 e. The van der Waals surface area contributed by atoms with E-state index in [9.17, 15) is 14.7 Å². The lowest BCUT2D eigenvalue weighted by molar-refractivity contribution is -0.150. The van der Waals surface area contributed by atoms with E-state index in [1.807, 2.05) is 18.2 Å². The van der Waals surface area contributed by atoms with Gasteiger partial charge in [0.05, 0.1) is 44.4 Å². The molecule has 39 heavy (non-hydrogen) atoms. The summed E-state index contributed by atoms with van der Waals surface area (Å²) in [7, 11) is 0. The predicted octanol–water partition coefficient (Wildman–Crippen LogP) is 2.21. The number of rotatable bonds is 6. The molecule has 3 aliphatic rings. The van der Waals surface area contributed by atoms with Crippen molar-refractivity contribution in [1.82, 2.24) is 20.3 Å². The van der Waals surface area contributed by atoms with Gasteiger partial charge in [-0.2, -0.15) is 0 Å². The molecule has 5 rings (SSSR count). The number of nitrogens with one attached hydrogen (secondary N) is 2. The fraction of sp³-hybridized carbons (Fsp3) is 0.607. The van der Waals surface area contributed by atoms with Crippen molar-refractivity contribution in [2.24, 2.45) is 0 Å². The standard InChI is InChI=1S/C28H39N5O6/c1-18-27(19(2)39-31-18)30-28(36)33-15-22(34)16-37-17-25-24(33)9-8-23(38-25)12-26(35)29-21-10-11-32(14-21)13-20-6-4-3-5-7-20/h3-7,21-25,34H,8-17H2,1-2H3,(H,29,35)(H,30,36)/t21-,22+,23+,24-,25+/m0/s1. The van der Waals surface area contributed by atoms with Gasteiger partial charge in [-0.25, -0.2) is 4.79 Å². The number of urea groups is 1. The maximum absolute atomic E-state index is 13.3. The Hall–Kier alpha value is -2.99. The first-order valence-corrected chi connectivity index (χ1v) is 13.8. The van der Waals surface area contributed by atoms with Gasteiger partial charge >= 0.3 is 6.03 Å². The SMILES string of the molecule is Cc1noc(C)c1NC(=O)N1C[C@@H](O)COC[C@H]2O[C@@H](CC(=O)N[C@H]3CCN(Cc4ccccc4)C3)CC[C@@H]21. The maximum atomic E-state index is 13.3. The van der Waals surface area contributed by atoms with E-state index in [-0.39, 0.29) is 56.3 Å². The monoisotopic (exact) mass is 541 g/mol. The number of carbonyl (C=O) groups is 2. The number of aromatic nitrogens is 1. The van der Waals surface area contributed by atoms with E-state index < -0.39 is 12.2 Å². The van der Waals surface area contributed by atoms with Crippen LogP contribution in [0.2, 0.25) is 0 Å². The van der Waals surface area contributed by atoms with E-state index in [0.717, 1.165) is 26.1 Å². The highest BCUT2D eigenvalue weighted by molar-refractivity contribution is 5.90. The van der Waals surface area contributed by atoms with E-state index in [2.05, 4.69) is 32.8 Å². The first-order chi connectivity index (χ1) is 18.9. The number of β-amino-alcohol motifs (C(OH)–C–C–N with tert-alkyl or cyclic N) is 1. The number of amides is 3. The van der Waals surface area contributed by atoms with Gasteiger partial charge in [-0.3, -0.25) is 9.69 Å². The van der Waals surface area contributed by atoms with Gasteiger partial charge in [0.15, 0.2) is 5.76 Å². The van der Waals surface area contributed by atoms with Crippen LogP contribution in [0.5, 0.6) is 0 Å². The molecule has 0 radical (unpaired) electrons. The predicted molar refractivity (Wildman–Crippen MR) is 143 cm³/mol. The lowest BCUT2D eigenvalue weighted by Crippen LogP contribution is -2.58. The topological polar surface area (TPSA) is 129 Å². The van der Waals surface area contributed by atoms with Crippen LogP contribution in [0.4, 0.5) is 10.5 Å². The average Bonchev–Trinajstić information content (AvgIpc) is 3.47. The molecule has 5 atom stereocenters. The summed E-state index contributed by atoms with van der Waals surface area (Å²) in [4.78, 5) is 30.2. The van der Waals surface area contributed by atoms with Crippen LogP contribution >= 0.6 is 0 Å². The van der Waals surface area contributed by atoms with Crippen LogP contribution in [0.3, 0.4) is 0 Å². The molecule has 0 saturated carbocycles. The van der Waals surface area contributed by atoms with Crippen molar-refractivity contribution in [2.75, 3.05) is 38.2 Å². The van der Waals surface area contributed by atoms with Gasteiger partial charge in [-0.05, 0) is 38.7 Å². The molecule has 3 aliphatic heterocycles. The second-order valence-corrected chi connectivity index (χ2v) is 10.9. The molecule has 3 N–H and O–H groups in total. The van der Waals surface area contributed by atoms with Gasteiger partial charge in [-0.15, -0.1) is 0 Å². The Bertz CT molecular complexity index is 1110. The normalized spacial score (nSPS) is 27.9. The molecule has 1 aromatic heterocycles. The van der Waals surface area contributed by atoms with Gasteiger partial charge in [-0.1, -0.05) is 35.5 Å². The second-order valence-electron chi connectivity index (χ2n) is 10.9. The number of hydrogen-bond acceptors (Lipinski definition) is 8. The molecular formula is C28H39N5O6. The summed E-state index contributed by atoms with van der Waals surface area (Å²) < 4.78 is 17.2. The number of carbonyl (C=O) groups excluding carboxylic acids is 2. The van der Waals surface area contributed by atoms with Crippen molar-refractivity contribution in [3.05, 3.63) is 47.3 Å². The van der Waals surface area contributed by atoms with Crippen LogP contribution in [-0.4, -0.2) is 95.2 Å². The minimum atomic E-state index is -0.808. The molecule has 3 fully saturated rings. The molecule has 11 heteroatoms. The lowest BCUT2D eigenvalue weighted by atomic mass is 9.95. The first kappa shape index (κ1) is 27.6. The van der Waals surface area contributed by atoms with Crippen LogP contribution in [0.15, 0.2) is 34.9 Å². The number of anilines is 1. The van der Waals surface area contributed by atoms with Crippen molar-refractivity contribution >= 4 is 17.6 Å². The van der Waals surface area contributed by atoms with Gasteiger partial charge in [0.1, 0.15) is 17.5 Å². The van der Waals surface area contributed by atoms with Gasteiger partial charge < -0.3 is 34.6 Å². The first-order valence-electron chi connectivity index (χ1n) is 13.8. The van der Waals surface area contributed by atoms with Crippen molar-refractivity contribution in [1.29, 1.82) is 0 Å². The summed E-state index contributed by atoms with van der Waals surface area (Å²) in [5.74, 6) is 0.505. The lowest BCUT2D eigenvalue weighted by Gasteiger charge is -2.44. The fourth-order valence-electron chi connectivity index (χ4n) is 5.84. The Labute approximate surface area is 228 Å². The summed E-state index contributed by atoms with van der Waals surface area (Å²) in [6, 6.07) is 9.86. The molecule has 0 bridgehead atoms. The molecule has 3 amide bonds. The van der Waals surface area contributed by atoms with Crippen LogP contribution in [0.1, 0.15) is 42.7 Å². The van der Waals surface area contributed by atoms with E-state index in [1.54, 1.807) is 18.7 Å². The van der Waals surface area contributed by atoms with E-state index in [1.165, 1.54) is 5.56 Å². The van der Waals surface area contributed by atoms with Crippen LogP contribution in [0.25, 0.3) is 0 Å². The summed E-state index contributed by atoms with van der Waals surface area (Å²) >= 11 is 0. The molecular weight excluding hydrogens is 502 g/mol. The molecule has 2 aromatic rings. The van der Waals surface area contributed by atoms with Crippen molar-refractivity contribution < 1.29 is 28.7 Å². The van der Waals surface area contributed by atoms with Crippen molar-refractivity contribution in [3.63, 3.8) is 0 Å². The van der Waals surface area contributed by atoms with E-state index >= 15 is 0 Å². The Morgan fingerprint density at radius 3 is 2.69 bits per heavy atom. The fourth-order valence-corrected chi connectivity index (χ4v) is 5.84. The summed E-state index contributed by atoms with van der Waals surface area (Å²) in [5, 5.41) is 20.4. The Balaban J connectivity index is 1.14. The largest absolute Gasteiger partial charge is 0.389 e. The molecule has 0 unspecified atom stereocenters. The third-order valence-corrected chi connectivity index (χ3v) is 7.81. The Morgan fingerprint density at radius 2 is 1.92 bits per heavy atom. The molecule has 0 aliphatic carbocycles. The number of hydrogen-bond donors (Lipinski definition) is 3. The van der Waals surface area contributed by atoms with Crippen molar-refractivity contribution in [3.8, 4) is 0 Å². The highest BCUT2D eigenvalue weighted by atomic mass is 16.5. The number of aryl methyl sites for hydroxylation is 2. The third-order valence-electron chi connectivity index (χ3n) is 7.81. The number of benzene rings is 1. The van der Waals surface area contributed by atoms with E-state index in [4.69, 9.17) is 14.0 Å². The molecule has 0 spiro atoms. The number of aliphatic hydroxyl groups excluding tert-OH is 1. The molecule has 4 heterocycles. The molecule has 3 saturated heterocycles. The second kappa shape index (κ2) is 12.5. The van der Waals surface area contributed by atoms with Crippen LogP contribution in [0, 0.1) is 13.8 Å². The Kier molecular flexibility index (Phi) is 8.81. The van der Waals surface area contributed by atoms with Crippen LogP contribution < -0.4 is 10.6 Å². The summed E-state index contributed by atoms with van der Waals surface area (Å²) in [5.41, 5.74) is 2.40. The summed E-state index contributed by atoms with van der Waals surface area (Å²) in [6.45, 7) is 6.64.